The van der Waals surface area contributed by atoms with E-state index in [0.29, 0.717) is 5.76 Å². The first-order valence-corrected chi connectivity index (χ1v) is 9.29. The van der Waals surface area contributed by atoms with Crippen LogP contribution in [0, 0.1) is 6.92 Å². The highest BCUT2D eigenvalue weighted by Crippen LogP contribution is 2.17. The molecule has 1 amide bonds. The lowest BCUT2D eigenvalue weighted by molar-refractivity contribution is -0.149. The van der Waals surface area contributed by atoms with Crippen molar-refractivity contribution in [1.82, 2.24) is 10.1 Å². The molecule has 0 saturated carbocycles. The lowest BCUT2D eigenvalue weighted by atomic mass is 10.2. The van der Waals surface area contributed by atoms with Crippen LogP contribution in [0.4, 0.5) is 5.82 Å². The van der Waals surface area contributed by atoms with Gasteiger partial charge < -0.3 is 19.5 Å². The Bertz CT molecular complexity index is 943. The summed E-state index contributed by atoms with van der Waals surface area (Å²) in [5.74, 6) is -0.420. The molecule has 0 bridgehead atoms. The van der Waals surface area contributed by atoms with Crippen molar-refractivity contribution in [3.63, 3.8) is 0 Å². The first-order valence-electron chi connectivity index (χ1n) is 7.68. The quantitative estimate of drug-likeness (QED) is 0.740. The maximum absolute atomic E-state index is 12.2. The summed E-state index contributed by atoms with van der Waals surface area (Å²) in [5.41, 5.74) is 0.181. The number of amides is 1. The Labute approximate surface area is 149 Å². The molecule has 1 aromatic rings. The van der Waals surface area contributed by atoms with E-state index in [0.717, 1.165) is 0 Å². The molecule has 0 aromatic carbocycles. The predicted octanol–water partition coefficient (Wildman–Crippen LogP) is 0.351. The zero-order valence-corrected chi connectivity index (χ0v) is 14.8. The zero-order valence-electron chi connectivity index (χ0n) is 14.0. The summed E-state index contributed by atoms with van der Waals surface area (Å²) in [6, 6.07) is 1.53. The molecule has 0 radical (unpaired) electrons. The van der Waals surface area contributed by atoms with Gasteiger partial charge in [-0.25, -0.2) is 13.2 Å². The second-order valence-electron chi connectivity index (χ2n) is 5.71. The average molecular weight is 380 g/mol. The van der Waals surface area contributed by atoms with Gasteiger partial charge in [-0.2, -0.15) is 0 Å². The van der Waals surface area contributed by atoms with E-state index in [2.05, 4.69) is 14.9 Å². The number of aryl methyl sites for hydroxylation is 1. The van der Waals surface area contributed by atoms with E-state index < -0.39 is 28.0 Å². The van der Waals surface area contributed by atoms with Crippen molar-refractivity contribution in [2.24, 2.45) is 4.40 Å². The molecule has 0 saturated heterocycles. The Balaban J connectivity index is 1.62. The second-order valence-corrected chi connectivity index (χ2v) is 7.46. The summed E-state index contributed by atoms with van der Waals surface area (Å²) in [7, 11) is -3.47. The third-order valence-corrected chi connectivity index (χ3v) is 4.76. The van der Waals surface area contributed by atoms with Gasteiger partial charge in [-0.15, -0.1) is 4.40 Å². The molecule has 0 spiro atoms. The number of hydrogen-bond donors (Lipinski definition) is 1. The Kier molecular flexibility index (Phi) is 4.64. The minimum Gasteiger partial charge on any atom is -0.449 e. The molecule has 2 aliphatic heterocycles. The highest BCUT2D eigenvalue weighted by Gasteiger charge is 2.27. The highest BCUT2D eigenvalue weighted by atomic mass is 32.2. The van der Waals surface area contributed by atoms with E-state index in [1.54, 1.807) is 11.8 Å². The minimum absolute atomic E-state index is 0.140. The van der Waals surface area contributed by atoms with Crippen molar-refractivity contribution in [3.05, 3.63) is 35.8 Å². The number of esters is 1. The van der Waals surface area contributed by atoms with Gasteiger partial charge in [0.25, 0.3) is 15.9 Å². The molecule has 0 aliphatic carbocycles. The van der Waals surface area contributed by atoms with Crippen LogP contribution in [0.1, 0.15) is 12.7 Å². The fraction of sp³-hybridized carbons (Fsp3) is 0.333. The number of anilines is 1. The summed E-state index contributed by atoms with van der Waals surface area (Å²) < 4.78 is 36.5. The van der Waals surface area contributed by atoms with Gasteiger partial charge in [-0.1, -0.05) is 5.16 Å². The summed E-state index contributed by atoms with van der Waals surface area (Å²) in [5, 5.41) is 6.10. The Morgan fingerprint density at radius 2 is 2.15 bits per heavy atom. The first kappa shape index (κ1) is 17.9. The molecule has 2 aliphatic rings. The Morgan fingerprint density at radius 1 is 1.38 bits per heavy atom. The van der Waals surface area contributed by atoms with Crippen molar-refractivity contribution in [2.75, 3.05) is 17.6 Å². The number of nitrogens with zero attached hydrogens (tertiary/aromatic N) is 3. The number of carbonyl (C=O) groups excluding carboxylic acids is 2. The molecule has 0 fully saturated rings. The van der Waals surface area contributed by atoms with E-state index >= 15 is 0 Å². The molecule has 3 heterocycles. The fourth-order valence-corrected chi connectivity index (χ4v) is 3.23. The number of carbonyl (C=O) groups is 2. The SMILES string of the molecule is Cc1cc(NC(=O)C(C)OC(=O)C2=CN3CCS(=O)(=O)N=C3C=C2)no1. The summed E-state index contributed by atoms with van der Waals surface area (Å²) in [6.07, 6.45) is 3.19. The second kappa shape index (κ2) is 6.75. The number of sulfonamides is 1. The van der Waals surface area contributed by atoms with Crippen molar-refractivity contribution in [3.8, 4) is 0 Å². The number of aromatic nitrogens is 1. The van der Waals surface area contributed by atoms with Gasteiger partial charge in [0.2, 0.25) is 0 Å². The van der Waals surface area contributed by atoms with Gasteiger partial charge in [0, 0.05) is 18.8 Å². The smallest absolute Gasteiger partial charge is 0.340 e. The lowest BCUT2D eigenvalue weighted by Gasteiger charge is -2.27. The van der Waals surface area contributed by atoms with Crippen LogP contribution in [0.15, 0.2) is 38.9 Å². The Hall–Kier alpha value is -2.95. The van der Waals surface area contributed by atoms with Crippen LogP contribution in [-0.2, 0) is 24.3 Å². The maximum Gasteiger partial charge on any atom is 0.340 e. The minimum atomic E-state index is -3.47. The molecular formula is C15H16N4O6S. The van der Waals surface area contributed by atoms with Crippen LogP contribution >= 0.6 is 0 Å². The number of fused-ring (bicyclic) bond motifs is 1. The topological polar surface area (TPSA) is 131 Å². The molecule has 1 aromatic heterocycles. The molecule has 11 heteroatoms. The number of nitrogens with one attached hydrogen (secondary N) is 1. The normalized spacial score (nSPS) is 19.1. The highest BCUT2D eigenvalue weighted by molar-refractivity contribution is 7.90. The number of rotatable bonds is 4. The molecule has 26 heavy (non-hydrogen) atoms. The van der Waals surface area contributed by atoms with Crippen LogP contribution in [0.5, 0.6) is 0 Å². The standard InChI is InChI=1S/C15H16N4O6S/c1-9-7-12(17-25-9)16-14(20)10(2)24-15(21)11-3-4-13-18-26(22,23)6-5-19(13)8-11/h3-4,7-8,10H,5-6H2,1-2H3,(H,16,17,20). The van der Waals surface area contributed by atoms with Gasteiger partial charge in [0.15, 0.2) is 11.9 Å². The summed E-state index contributed by atoms with van der Waals surface area (Å²) in [4.78, 5) is 25.8. The van der Waals surface area contributed by atoms with Crippen LogP contribution in [0.3, 0.4) is 0 Å². The zero-order chi connectivity index (χ0) is 18.9. The molecule has 1 unspecified atom stereocenters. The van der Waals surface area contributed by atoms with E-state index in [4.69, 9.17) is 9.26 Å². The Morgan fingerprint density at radius 3 is 2.85 bits per heavy atom. The third kappa shape index (κ3) is 3.99. The van der Waals surface area contributed by atoms with E-state index in [1.807, 2.05) is 0 Å². The van der Waals surface area contributed by atoms with Crippen molar-refractivity contribution >= 4 is 33.6 Å². The summed E-state index contributed by atoms with van der Waals surface area (Å²) in [6.45, 7) is 3.29. The van der Waals surface area contributed by atoms with Crippen LogP contribution < -0.4 is 5.32 Å². The van der Waals surface area contributed by atoms with Crippen LogP contribution in [0.25, 0.3) is 0 Å². The first-order chi connectivity index (χ1) is 12.2. The number of hydrogen-bond acceptors (Lipinski definition) is 8. The largest absolute Gasteiger partial charge is 0.449 e. The van der Waals surface area contributed by atoms with Gasteiger partial charge in [0.05, 0.1) is 11.3 Å². The van der Waals surface area contributed by atoms with Gasteiger partial charge >= 0.3 is 5.97 Å². The van der Waals surface area contributed by atoms with E-state index in [1.165, 1.54) is 31.3 Å². The van der Waals surface area contributed by atoms with Crippen molar-refractivity contribution < 1.29 is 27.3 Å². The van der Waals surface area contributed by atoms with Crippen LogP contribution in [-0.4, -0.2) is 54.6 Å². The molecular weight excluding hydrogens is 364 g/mol. The fourth-order valence-electron chi connectivity index (χ4n) is 2.26. The maximum atomic E-state index is 12.2. The molecule has 1 N–H and O–H groups in total. The van der Waals surface area contributed by atoms with Crippen LogP contribution in [0.2, 0.25) is 0 Å². The van der Waals surface area contributed by atoms with E-state index in [-0.39, 0.29) is 29.5 Å². The lowest BCUT2D eigenvalue weighted by Crippen LogP contribution is -2.37. The molecule has 1 atom stereocenters. The summed E-state index contributed by atoms with van der Waals surface area (Å²) >= 11 is 0. The average Bonchev–Trinajstić information content (AvgIpc) is 2.98. The molecule has 3 rings (SSSR count). The third-order valence-electron chi connectivity index (χ3n) is 3.59. The van der Waals surface area contributed by atoms with Crippen molar-refractivity contribution in [2.45, 2.75) is 20.0 Å². The monoisotopic (exact) mass is 380 g/mol. The van der Waals surface area contributed by atoms with E-state index in [9.17, 15) is 18.0 Å². The predicted molar refractivity (Wildman–Crippen MR) is 90.6 cm³/mol. The molecule has 10 nitrogen and oxygen atoms in total. The van der Waals surface area contributed by atoms with Gasteiger partial charge in [-0.3, -0.25) is 4.79 Å². The molecule has 138 valence electrons. The number of amidine groups is 1. The van der Waals surface area contributed by atoms with Gasteiger partial charge in [0.1, 0.15) is 11.6 Å². The number of ether oxygens (including phenoxy) is 1. The van der Waals surface area contributed by atoms with Crippen molar-refractivity contribution in [1.29, 1.82) is 0 Å². The van der Waals surface area contributed by atoms with Gasteiger partial charge in [-0.05, 0) is 26.0 Å².